The summed E-state index contributed by atoms with van der Waals surface area (Å²) in [6.45, 7) is 2.56. The number of amides is 1. The average molecular weight is 272 g/mol. The van der Waals surface area contributed by atoms with Crippen LogP contribution in [-0.2, 0) is 0 Å². The number of carbonyl (C=O) groups is 1. The topological polar surface area (TPSA) is 38.8 Å². The van der Waals surface area contributed by atoms with E-state index in [-0.39, 0.29) is 5.91 Å². The molecule has 0 aliphatic rings. The molecular formula is C13H18ClNO3. The first-order valence-corrected chi connectivity index (χ1v) is 6.11. The van der Waals surface area contributed by atoms with Crippen molar-refractivity contribution in [3.8, 4) is 11.5 Å². The lowest BCUT2D eigenvalue weighted by atomic mass is 10.2. The molecule has 1 amide bonds. The summed E-state index contributed by atoms with van der Waals surface area (Å²) >= 11 is 6.12. The van der Waals surface area contributed by atoms with Crippen LogP contribution < -0.4 is 9.47 Å². The molecule has 0 N–H and O–H groups in total. The highest BCUT2D eigenvalue weighted by atomic mass is 35.5. The van der Waals surface area contributed by atoms with E-state index in [9.17, 15) is 4.79 Å². The number of hydrogen-bond acceptors (Lipinski definition) is 3. The molecule has 0 spiro atoms. The second-order valence-electron chi connectivity index (χ2n) is 4.04. The minimum Gasteiger partial charge on any atom is -0.493 e. The second-order valence-corrected chi connectivity index (χ2v) is 4.44. The van der Waals surface area contributed by atoms with Gasteiger partial charge < -0.3 is 14.4 Å². The summed E-state index contributed by atoms with van der Waals surface area (Å²) in [7, 11) is 4.89. The van der Waals surface area contributed by atoms with Crippen LogP contribution in [0.25, 0.3) is 0 Å². The van der Waals surface area contributed by atoms with E-state index in [0.717, 1.165) is 6.42 Å². The van der Waals surface area contributed by atoms with Gasteiger partial charge in [-0.2, -0.15) is 0 Å². The van der Waals surface area contributed by atoms with Crippen LogP contribution in [0.4, 0.5) is 0 Å². The van der Waals surface area contributed by atoms with E-state index < -0.39 is 0 Å². The van der Waals surface area contributed by atoms with Crippen LogP contribution in [0, 0.1) is 0 Å². The lowest BCUT2D eigenvalue weighted by molar-refractivity contribution is 0.0827. The molecule has 100 valence electrons. The number of hydrogen-bond donors (Lipinski definition) is 0. The Morgan fingerprint density at radius 1 is 1.39 bits per heavy atom. The van der Waals surface area contributed by atoms with Gasteiger partial charge in [-0.3, -0.25) is 4.79 Å². The van der Waals surface area contributed by atoms with Gasteiger partial charge >= 0.3 is 0 Å². The van der Waals surface area contributed by atoms with Crippen molar-refractivity contribution in [1.29, 1.82) is 0 Å². The molecular weight excluding hydrogens is 254 g/mol. The predicted octanol–water partition coefficient (Wildman–Crippen LogP) is 2.84. The molecule has 0 radical (unpaired) electrons. The monoisotopic (exact) mass is 271 g/mol. The molecule has 18 heavy (non-hydrogen) atoms. The van der Waals surface area contributed by atoms with Crippen LogP contribution in [0.15, 0.2) is 12.1 Å². The van der Waals surface area contributed by atoms with Crippen molar-refractivity contribution in [2.24, 2.45) is 0 Å². The van der Waals surface area contributed by atoms with E-state index in [2.05, 4.69) is 0 Å². The maximum Gasteiger partial charge on any atom is 0.253 e. The second kappa shape index (κ2) is 6.50. The van der Waals surface area contributed by atoms with Crippen LogP contribution >= 0.6 is 11.6 Å². The standard InChI is InChI=1S/C13H18ClNO3/c1-5-6-18-12-10(14)7-9(8-11(12)17-4)13(16)15(2)3/h7-8H,5-6H2,1-4H3. The third-order valence-corrected chi connectivity index (χ3v) is 2.61. The molecule has 4 nitrogen and oxygen atoms in total. The molecule has 1 aromatic carbocycles. The average Bonchev–Trinajstić information content (AvgIpc) is 2.35. The summed E-state index contributed by atoms with van der Waals surface area (Å²) in [4.78, 5) is 13.3. The lowest BCUT2D eigenvalue weighted by Crippen LogP contribution is -2.21. The largest absolute Gasteiger partial charge is 0.493 e. The van der Waals surface area contributed by atoms with Crippen molar-refractivity contribution < 1.29 is 14.3 Å². The highest BCUT2D eigenvalue weighted by Gasteiger charge is 2.16. The molecule has 0 aliphatic carbocycles. The van der Waals surface area contributed by atoms with Crippen molar-refractivity contribution in [1.82, 2.24) is 4.90 Å². The highest BCUT2D eigenvalue weighted by Crippen LogP contribution is 2.36. The van der Waals surface area contributed by atoms with Crippen molar-refractivity contribution >= 4 is 17.5 Å². The molecule has 0 fully saturated rings. The van der Waals surface area contributed by atoms with Gasteiger partial charge in [-0.15, -0.1) is 0 Å². The zero-order chi connectivity index (χ0) is 13.7. The SMILES string of the molecule is CCCOc1c(Cl)cc(C(=O)N(C)C)cc1OC. The molecule has 0 saturated heterocycles. The fourth-order valence-electron chi connectivity index (χ4n) is 1.45. The summed E-state index contributed by atoms with van der Waals surface area (Å²) in [5.41, 5.74) is 0.477. The third-order valence-electron chi connectivity index (χ3n) is 2.33. The molecule has 0 atom stereocenters. The fourth-order valence-corrected chi connectivity index (χ4v) is 1.71. The summed E-state index contributed by atoms with van der Waals surface area (Å²) in [6, 6.07) is 3.23. The number of halogens is 1. The van der Waals surface area contributed by atoms with E-state index >= 15 is 0 Å². The van der Waals surface area contributed by atoms with Gasteiger partial charge in [0.25, 0.3) is 5.91 Å². The number of ether oxygens (including phenoxy) is 2. The molecule has 0 unspecified atom stereocenters. The minimum absolute atomic E-state index is 0.128. The van der Waals surface area contributed by atoms with E-state index in [1.54, 1.807) is 26.2 Å². The fraction of sp³-hybridized carbons (Fsp3) is 0.462. The molecule has 5 heteroatoms. The Kier molecular flexibility index (Phi) is 5.28. The number of nitrogens with zero attached hydrogens (tertiary/aromatic N) is 1. The first-order chi connectivity index (χ1) is 8.51. The van der Waals surface area contributed by atoms with Gasteiger partial charge in [0, 0.05) is 19.7 Å². The van der Waals surface area contributed by atoms with Crippen LogP contribution in [0.5, 0.6) is 11.5 Å². The van der Waals surface area contributed by atoms with Crippen molar-refractivity contribution in [3.05, 3.63) is 22.7 Å². The van der Waals surface area contributed by atoms with Gasteiger partial charge in [0.05, 0.1) is 18.7 Å². The normalized spacial score (nSPS) is 10.1. The Morgan fingerprint density at radius 3 is 2.56 bits per heavy atom. The highest BCUT2D eigenvalue weighted by molar-refractivity contribution is 6.32. The van der Waals surface area contributed by atoms with Crippen molar-refractivity contribution in [3.63, 3.8) is 0 Å². The van der Waals surface area contributed by atoms with E-state index in [1.165, 1.54) is 12.0 Å². The van der Waals surface area contributed by atoms with Gasteiger partial charge in [-0.05, 0) is 18.6 Å². The number of methoxy groups -OCH3 is 1. The Labute approximate surface area is 112 Å². The van der Waals surface area contributed by atoms with E-state index in [1.807, 2.05) is 6.92 Å². The Morgan fingerprint density at radius 2 is 2.06 bits per heavy atom. The number of rotatable bonds is 5. The van der Waals surface area contributed by atoms with Gasteiger partial charge in [0.1, 0.15) is 0 Å². The van der Waals surface area contributed by atoms with Crippen LogP contribution in [0.3, 0.4) is 0 Å². The van der Waals surface area contributed by atoms with Gasteiger partial charge in [0.2, 0.25) is 0 Å². The lowest BCUT2D eigenvalue weighted by Gasteiger charge is -2.15. The Bertz CT molecular complexity index is 432. The van der Waals surface area contributed by atoms with Gasteiger partial charge in [0.15, 0.2) is 11.5 Å². The first-order valence-electron chi connectivity index (χ1n) is 5.73. The quantitative estimate of drug-likeness (QED) is 0.827. The van der Waals surface area contributed by atoms with Crippen molar-refractivity contribution in [2.75, 3.05) is 27.8 Å². The van der Waals surface area contributed by atoms with Crippen LogP contribution in [0.2, 0.25) is 5.02 Å². The summed E-state index contributed by atoms with van der Waals surface area (Å²) in [5.74, 6) is 0.828. The number of benzene rings is 1. The predicted molar refractivity (Wildman–Crippen MR) is 71.8 cm³/mol. The Balaban J connectivity index is 3.14. The molecule has 1 aromatic rings. The molecule has 0 heterocycles. The first kappa shape index (κ1) is 14.6. The maximum absolute atomic E-state index is 11.9. The number of carbonyl (C=O) groups excluding carboxylic acids is 1. The van der Waals surface area contributed by atoms with Gasteiger partial charge in [-0.1, -0.05) is 18.5 Å². The smallest absolute Gasteiger partial charge is 0.253 e. The zero-order valence-electron chi connectivity index (χ0n) is 11.1. The van der Waals surface area contributed by atoms with Gasteiger partial charge in [-0.25, -0.2) is 0 Å². The van der Waals surface area contributed by atoms with E-state index in [0.29, 0.717) is 28.7 Å². The molecule has 0 aromatic heterocycles. The van der Waals surface area contributed by atoms with Crippen molar-refractivity contribution in [2.45, 2.75) is 13.3 Å². The Hall–Kier alpha value is -1.42. The minimum atomic E-state index is -0.128. The molecule has 1 rings (SSSR count). The zero-order valence-corrected chi connectivity index (χ0v) is 11.9. The van der Waals surface area contributed by atoms with Crippen LogP contribution in [0.1, 0.15) is 23.7 Å². The summed E-state index contributed by atoms with van der Waals surface area (Å²) in [6.07, 6.45) is 0.873. The molecule has 0 bridgehead atoms. The van der Waals surface area contributed by atoms with E-state index in [4.69, 9.17) is 21.1 Å². The summed E-state index contributed by atoms with van der Waals surface area (Å²) in [5, 5.41) is 0.382. The van der Waals surface area contributed by atoms with Crippen LogP contribution in [-0.4, -0.2) is 38.6 Å². The molecule has 0 aliphatic heterocycles. The third kappa shape index (κ3) is 3.29. The maximum atomic E-state index is 11.9. The summed E-state index contributed by atoms with van der Waals surface area (Å²) < 4.78 is 10.7. The molecule has 0 saturated carbocycles.